The fraction of sp³-hybridized carbons (Fsp3) is 0.500. The zero-order chi connectivity index (χ0) is 20.3. The number of carbonyl (C=O) groups excluding carboxylic acids is 3. The standard InChI is InChI=1S/C20H25N3O5/c1-20(11-5-4-6-13(20)19(27)28)22-16(24)9-10-18(26)23-12-17(25)21-14-7-2-3-8-15(14)23/h2-3,7-8,13H,4-6,9-12H2,1H3,(H,21,25)(H,22,24)(H,27,28). The number of anilines is 2. The predicted octanol–water partition coefficient (Wildman–Crippen LogP) is 1.90. The molecule has 1 saturated carbocycles. The summed E-state index contributed by atoms with van der Waals surface area (Å²) in [5.41, 5.74) is 0.371. The number of aliphatic carboxylic acids is 1. The molecule has 3 N–H and O–H groups in total. The third-order valence-electron chi connectivity index (χ3n) is 5.57. The average Bonchev–Trinajstić information content (AvgIpc) is 2.65. The lowest BCUT2D eigenvalue weighted by atomic mass is 9.74. The third kappa shape index (κ3) is 4.16. The Labute approximate surface area is 163 Å². The molecule has 2 unspecified atom stereocenters. The fourth-order valence-electron chi connectivity index (χ4n) is 4.07. The van der Waals surface area contributed by atoms with Gasteiger partial charge in [0.2, 0.25) is 17.7 Å². The number of amides is 3. The molecule has 0 saturated heterocycles. The molecule has 0 bridgehead atoms. The van der Waals surface area contributed by atoms with Crippen molar-refractivity contribution in [2.45, 2.75) is 51.0 Å². The molecule has 1 fully saturated rings. The van der Waals surface area contributed by atoms with Gasteiger partial charge in [-0.3, -0.25) is 19.2 Å². The van der Waals surface area contributed by atoms with E-state index in [9.17, 15) is 24.3 Å². The van der Waals surface area contributed by atoms with Gasteiger partial charge in [-0.25, -0.2) is 0 Å². The van der Waals surface area contributed by atoms with Gasteiger partial charge in [-0.15, -0.1) is 0 Å². The number of rotatable bonds is 5. The SMILES string of the molecule is CC1(NC(=O)CCC(=O)N2CC(=O)Nc3ccccc32)CCCCC1C(=O)O. The first-order chi connectivity index (χ1) is 13.3. The van der Waals surface area contributed by atoms with Crippen LogP contribution >= 0.6 is 0 Å². The molecule has 150 valence electrons. The highest BCUT2D eigenvalue weighted by molar-refractivity contribution is 6.10. The highest BCUT2D eigenvalue weighted by Gasteiger charge is 2.42. The van der Waals surface area contributed by atoms with Crippen molar-refractivity contribution in [3.63, 3.8) is 0 Å². The summed E-state index contributed by atoms with van der Waals surface area (Å²) in [7, 11) is 0. The second-order valence-corrected chi connectivity index (χ2v) is 7.65. The van der Waals surface area contributed by atoms with E-state index in [2.05, 4.69) is 10.6 Å². The van der Waals surface area contributed by atoms with Crippen molar-refractivity contribution < 1.29 is 24.3 Å². The minimum Gasteiger partial charge on any atom is -0.481 e. The van der Waals surface area contributed by atoms with Crippen LogP contribution in [0.3, 0.4) is 0 Å². The summed E-state index contributed by atoms with van der Waals surface area (Å²) in [6.07, 6.45) is 2.72. The Bertz CT molecular complexity index is 809. The van der Waals surface area contributed by atoms with Crippen LogP contribution in [0.4, 0.5) is 11.4 Å². The molecule has 1 aromatic rings. The molecule has 1 aliphatic heterocycles. The van der Waals surface area contributed by atoms with E-state index >= 15 is 0 Å². The van der Waals surface area contributed by atoms with Gasteiger partial charge in [-0.1, -0.05) is 25.0 Å². The number of hydrogen-bond acceptors (Lipinski definition) is 4. The van der Waals surface area contributed by atoms with Gasteiger partial charge >= 0.3 is 5.97 Å². The highest BCUT2D eigenvalue weighted by atomic mass is 16.4. The molecular weight excluding hydrogens is 362 g/mol. The number of nitrogens with zero attached hydrogens (tertiary/aromatic N) is 1. The number of fused-ring (bicyclic) bond motifs is 1. The van der Waals surface area contributed by atoms with E-state index < -0.39 is 17.4 Å². The number of carboxylic acid groups (broad SMARTS) is 1. The number of hydrogen-bond donors (Lipinski definition) is 3. The molecule has 8 nitrogen and oxygen atoms in total. The zero-order valence-electron chi connectivity index (χ0n) is 15.9. The van der Waals surface area contributed by atoms with Crippen LogP contribution in [0.25, 0.3) is 0 Å². The Kier molecular flexibility index (Phi) is 5.67. The van der Waals surface area contributed by atoms with Gasteiger partial charge in [0.1, 0.15) is 6.54 Å². The summed E-state index contributed by atoms with van der Waals surface area (Å²) in [4.78, 5) is 49.8. The molecule has 1 heterocycles. The van der Waals surface area contributed by atoms with Crippen molar-refractivity contribution >= 4 is 35.1 Å². The van der Waals surface area contributed by atoms with Crippen LogP contribution in [-0.2, 0) is 19.2 Å². The minimum atomic E-state index is -0.908. The van der Waals surface area contributed by atoms with Crippen molar-refractivity contribution in [2.75, 3.05) is 16.8 Å². The second kappa shape index (κ2) is 8.00. The minimum absolute atomic E-state index is 0.0543. The summed E-state index contributed by atoms with van der Waals surface area (Å²) >= 11 is 0. The Morgan fingerprint density at radius 3 is 2.75 bits per heavy atom. The van der Waals surface area contributed by atoms with E-state index in [4.69, 9.17) is 0 Å². The quantitative estimate of drug-likeness (QED) is 0.714. The van der Waals surface area contributed by atoms with Crippen molar-refractivity contribution in [3.8, 4) is 0 Å². The Balaban J connectivity index is 1.61. The Morgan fingerprint density at radius 1 is 1.25 bits per heavy atom. The number of benzene rings is 1. The van der Waals surface area contributed by atoms with Gasteiger partial charge in [0.15, 0.2) is 0 Å². The van der Waals surface area contributed by atoms with Crippen LogP contribution in [0.15, 0.2) is 24.3 Å². The first-order valence-electron chi connectivity index (χ1n) is 9.53. The summed E-state index contributed by atoms with van der Waals surface area (Å²) < 4.78 is 0. The molecule has 1 aliphatic carbocycles. The molecule has 0 spiro atoms. The number of carboxylic acids is 1. The monoisotopic (exact) mass is 387 g/mol. The Morgan fingerprint density at radius 2 is 2.00 bits per heavy atom. The van der Waals surface area contributed by atoms with Crippen LogP contribution in [-0.4, -0.2) is 40.9 Å². The van der Waals surface area contributed by atoms with Gasteiger partial charge in [-0.2, -0.15) is 0 Å². The number of carbonyl (C=O) groups is 4. The average molecular weight is 387 g/mol. The summed E-state index contributed by atoms with van der Waals surface area (Å²) in [6, 6.07) is 7.01. The number of nitrogens with one attached hydrogen (secondary N) is 2. The molecule has 28 heavy (non-hydrogen) atoms. The normalized spacial score (nSPS) is 24.1. The maximum Gasteiger partial charge on any atom is 0.308 e. The van der Waals surface area contributed by atoms with E-state index in [1.807, 2.05) is 0 Å². The predicted molar refractivity (Wildman–Crippen MR) is 103 cm³/mol. The lowest BCUT2D eigenvalue weighted by Crippen LogP contribution is -2.55. The van der Waals surface area contributed by atoms with Gasteiger partial charge in [0.05, 0.1) is 22.8 Å². The van der Waals surface area contributed by atoms with E-state index in [-0.39, 0.29) is 37.1 Å². The fourth-order valence-corrected chi connectivity index (χ4v) is 4.07. The van der Waals surface area contributed by atoms with Crippen molar-refractivity contribution in [3.05, 3.63) is 24.3 Å². The van der Waals surface area contributed by atoms with E-state index in [0.29, 0.717) is 24.2 Å². The molecule has 1 aromatic carbocycles. The van der Waals surface area contributed by atoms with Crippen LogP contribution in [0.2, 0.25) is 0 Å². The second-order valence-electron chi connectivity index (χ2n) is 7.65. The third-order valence-corrected chi connectivity index (χ3v) is 5.57. The zero-order valence-corrected chi connectivity index (χ0v) is 15.9. The first-order valence-corrected chi connectivity index (χ1v) is 9.53. The van der Waals surface area contributed by atoms with Crippen LogP contribution in [0, 0.1) is 5.92 Å². The van der Waals surface area contributed by atoms with Crippen LogP contribution in [0.5, 0.6) is 0 Å². The summed E-state index contributed by atoms with van der Waals surface area (Å²) in [5.74, 6) is -2.48. The van der Waals surface area contributed by atoms with Crippen molar-refractivity contribution in [1.29, 1.82) is 0 Å². The van der Waals surface area contributed by atoms with Gasteiger partial charge in [0, 0.05) is 12.8 Å². The van der Waals surface area contributed by atoms with Crippen molar-refractivity contribution in [2.24, 2.45) is 5.92 Å². The maximum atomic E-state index is 12.6. The molecule has 3 rings (SSSR count). The first kappa shape index (κ1) is 19.9. The van der Waals surface area contributed by atoms with Gasteiger partial charge in [0.25, 0.3) is 0 Å². The Hall–Kier alpha value is -2.90. The van der Waals surface area contributed by atoms with Gasteiger partial charge in [-0.05, 0) is 31.9 Å². The number of para-hydroxylation sites is 2. The lowest BCUT2D eigenvalue weighted by Gasteiger charge is -2.39. The topological polar surface area (TPSA) is 116 Å². The smallest absolute Gasteiger partial charge is 0.308 e. The van der Waals surface area contributed by atoms with Crippen molar-refractivity contribution in [1.82, 2.24) is 5.32 Å². The molecule has 0 radical (unpaired) electrons. The highest BCUT2D eigenvalue weighted by Crippen LogP contribution is 2.34. The van der Waals surface area contributed by atoms with Crippen LogP contribution in [0.1, 0.15) is 45.4 Å². The molecule has 3 amide bonds. The van der Waals surface area contributed by atoms with Crippen LogP contribution < -0.4 is 15.5 Å². The molecule has 8 heteroatoms. The van der Waals surface area contributed by atoms with E-state index in [1.165, 1.54) is 4.90 Å². The van der Waals surface area contributed by atoms with E-state index in [0.717, 1.165) is 12.8 Å². The molecule has 0 aromatic heterocycles. The van der Waals surface area contributed by atoms with E-state index in [1.54, 1.807) is 31.2 Å². The largest absolute Gasteiger partial charge is 0.481 e. The summed E-state index contributed by atoms with van der Waals surface area (Å²) in [6.45, 7) is 1.67. The molecule has 2 aliphatic rings. The molecular formula is C20H25N3O5. The van der Waals surface area contributed by atoms with Gasteiger partial charge < -0.3 is 20.6 Å². The lowest BCUT2D eigenvalue weighted by molar-refractivity contribution is -0.147. The maximum absolute atomic E-state index is 12.6. The molecule has 2 atom stereocenters. The summed E-state index contributed by atoms with van der Waals surface area (Å²) in [5, 5.41) is 15.0.